The zero-order valence-electron chi connectivity index (χ0n) is 8.57. The molecular formula is C9H19N3O. The van der Waals surface area contributed by atoms with Crippen LogP contribution in [0, 0.1) is 10.8 Å². The number of hydrogen-bond acceptors (Lipinski definition) is 3. The summed E-state index contributed by atoms with van der Waals surface area (Å²) in [6.45, 7) is 9.19. The molecule has 0 N–H and O–H groups in total. The molecule has 1 aliphatic rings. The van der Waals surface area contributed by atoms with Crippen molar-refractivity contribution in [1.29, 1.82) is 0 Å². The second-order valence-electron chi connectivity index (χ2n) is 4.06. The lowest BCUT2D eigenvalue weighted by Crippen LogP contribution is -2.44. The number of rotatable bonds is 4. The molecule has 0 aromatic carbocycles. The first kappa shape index (κ1) is 10.4. The average molecular weight is 185 g/mol. The highest BCUT2D eigenvalue weighted by molar-refractivity contribution is 4.69. The minimum atomic E-state index is 0.766. The molecule has 1 aliphatic heterocycles. The lowest BCUT2D eigenvalue weighted by Gasteiger charge is -2.31. The molecule has 0 spiro atoms. The van der Waals surface area contributed by atoms with Crippen LogP contribution in [-0.4, -0.2) is 42.6 Å². The van der Waals surface area contributed by atoms with Gasteiger partial charge in [-0.15, -0.1) is 4.91 Å². The van der Waals surface area contributed by atoms with Crippen molar-refractivity contribution in [2.24, 2.45) is 11.2 Å². The Kier molecular flexibility index (Phi) is 4.15. The topological polar surface area (TPSA) is 35.9 Å². The van der Waals surface area contributed by atoms with Crippen LogP contribution < -0.4 is 0 Å². The highest BCUT2D eigenvalue weighted by atomic mass is 16.3. The molecule has 0 bridgehead atoms. The summed E-state index contributed by atoms with van der Waals surface area (Å²) in [7, 11) is 0. The Labute approximate surface area is 79.8 Å². The van der Waals surface area contributed by atoms with Crippen LogP contribution >= 0.6 is 0 Å². The molecule has 76 valence electrons. The van der Waals surface area contributed by atoms with Gasteiger partial charge in [-0.2, -0.15) is 0 Å². The number of nitroso groups, excluding NO2 is 1. The smallest absolute Gasteiger partial charge is 0.0524 e. The van der Waals surface area contributed by atoms with Crippen molar-refractivity contribution in [3.05, 3.63) is 4.91 Å². The second-order valence-corrected chi connectivity index (χ2v) is 4.06. The van der Waals surface area contributed by atoms with Crippen molar-refractivity contribution in [2.45, 2.75) is 20.3 Å². The molecule has 0 amide bonds. The Morgan fingerprint density at radius 1 is 1.23 bits per heavy atom. The summed E-state index contributed by atoms with van der Waals surface area (Å²) in [5.74, 6) is 0.766. The molecule has 0 aromatic heterocycles. The van der Waals surface area contributed by atoms with Gasteiger partial charge in [-0.1, -0.05) is 13.8 Å². The summed E-state index contributed by atoms with van der Waals surface area (Å²) in [4.78, 5) is 12.6. The maximum atomic E-state index is 10.2. The van der Waals surface area contributed by atoms with Crippen LogP contribution in [0.3, 0.4) is 0 Å². The second kappa shape index (κ2) is 5.17. The summed E-state index contributed by atoms with van der Waals surface area (Å²) in [5.41, 5.74) is 0. The molecule has 1 fully saturated rings. The minimum absolute atomic E-state index is 0.766. The highest BCUT2D eigenvalue weighted by Crippen LogP contribution is 2.06. The van der Waals surface area contributed by atoms with Crippen LogP contribution in [0.5, 0.6) is 0 Å². The first-order valence-corrected chi connectivity index (χ1v) is 5.03. The molecule has 1 saturated heterocycles. The summed E-state index contributed by atoms with van der Waals surface area (Å²) in [5, 5.41) is 4.54. The van der Waals surface area contributed by atoms with Crippen molar-refractivity contribution >= 4 is 0 Å². The Morgan fingerprint density at radius 2 is 1.85 bits per heavy atom. The van der Waals surface area contributed by atoms with E-state index in [2.05, 4.69) is 24.0 Å². The predicted octanol–water partition coefficient (Wildman–Crippen LogP) is 1.33. The third-order valence-corrected chi connectivity index (χ3v) is 2.49. The number of nitrogens with zero attached hydrogens (tertiary/aromatic N) is 3. The van der Waals surface area contributed by atoms with Gasteiger partial charge >= 0.3 is 0 Å². The van der Waals surface area contributed by atoms with E-state index in [4.69, 9.17) is 0 Å². The third-order valence-electron chi connectivity index (χ3n) is 2.49. The molecular weight excluding hydrogens is 166 g/mol. The third kappa shape index (κ3) is 3.72. The van der Waals surface area contributed by atoms with Gasteiger partial charge in [0.2, 0.25) is 0 Å². The molecule has 0 saturated carbocycles. The average Bonchev–Trinajstić information content (AvgIpc) is 2.15. The molecule has 0 atom stereocenters. The van der Waals surface area contributed by atoms with Gasteiger partial charge in [0, 0.05) is 13.1 Å². The monoisotopic (exact) mass is 185 g/mol. The van der Waals surface area contributed by atoms with E-state index < -0.39 is 0 Å². The summed E-state index contributed by atoms with van der Waals surface area (Å²) >= 11 is 0. The van der Waals surface area contributed by atoms with Crippen LogP contribution in [0.15, 0.2) is 5.29 Å². The van der Waals surface area contributed by atoms with E-state index in [9.17, 15) is 4.91 Å². The van der Waals surface area contributed by atoms with E-state index in [-0.39, 0.29) is 0 Å². The molecule has 13 heavy (non-hydrogen) atoms. The first-order valence-electron chi connectivity index (χ1n) is 5.03. The number of hydrogen-bond donors (Lipinski definition) is 0. The molecule has 1 heterocycles. The van der Waals surface area contributed by atoms with E-state index in [0.717, 1.165) is 38.6 Å². The standard InChI is InChI=1S/C9H19N3O/c1-9(2)3-4-11-5-7-12(10-13)8-6-11/h9H,3-8H2,1-2H3. The van der Waals surface area contributed by atoms with Gasteiger partial charge in [-0.25, -0.2) is 0 Å². The van der Waals surface area contributed by atoms with Crippen LogP contribution in [0.1, 0.15) is 20.3 Å². The van der Waals surface area contributed by atoms with Crippen molar-refractivity contribution in [3.63, 3.8) is 0 Å². The SMILES string of the molecule is CC(C)CCN1CCN(N=O)CC1. The fourth-order valence-corrected chi connectivity index (χ4v) is 1.48. The number of piperazine rings is 1. The largest absolute Gasteiger partial charge is 0.300 e. The predicted molar refractivity (Wildman–Crippen MR) is 53.3 cm³/mol. The Hall–Kier alpha value is -0.640. The molecule has 1 rings (SSSR count). The fourth-order valence-electron chi connectivity index (χ4n) is 1.48. The summed E-state index contributed by atoms with van der Waals surface area (Å²) < 4.78 is 0. The highest BCUT2D eigenvalue weighted by Gasteiger charge is 2.15. The minimum Gasteiger partial charge on any atom is -0.300 e. The van der Waals surface area contributed by atoms with Gasteiger partial charge in [-0.05, 0) is 18.9 Å². The van der Waals surface area contributed by atoms with E-state index in [1.54, 1.807) is 5.01 Å². The molecule has 0 aliphatic carbocycles. The Balaban J connectivity index is 2.14. The van der Waals surface area contributed by atoms with Crippen molar-refractivity contribution < 1.29 is 0 Å². The lowest BCUT2D eigenvalue weighted by molar-refractivity contribution is 0.130. The fraction of sp³-hybridized carbons (Fsp3) is 1.00. The van der Waals surface area contributed by atoms with Gasteiger partial charge < -0.3 is 0 Å². The van der Waals surface area contributed by atoms with E-state index in [1.807, 2.05) is 0 Å². The first-order chi connectivity index (χ1) is 6.22. The van der Waals surface area contributed by atoms with Gasteiger partial charge in [0.05, 0.1) is 18.4 Å². The van der Waals surface area contributed by atoms with Crippen molar-refractivity contribution in [3.8, 4) is 0 Å². The molecule has 4 heteroatoms. The van der Waals surface area contributed by atoms with Gasteiger partial charge in [0.15, 0.2) is 0 Å². The molecule has 0 radical (unpaired) electrons. The van der Waals surface area contributed by atoms with Crippen LogP contribution in [0.25, 0.3) is 0 Å². The molecule has 0 aromatic rings. The van der Waals surface area contributed by atoms with Crippen LogP contribution in [0.4, 0.5) is 0 Å². The Morgan fingerprint density at radius 3 is 2.31 bits per heavy atom. The van der Waals surface area contributed by atoms with Crippen LogP contribution in [0.2, 0.25) is 0 Å². The van der Waals surface area contributed by atoms with Gasteiger partial charge in [-0.3, -0.25) is 9.91 Å². The van der Waals surface area contributed by atoms with Gasteiger partial charge in [0.25, 0.3) is 0 Å². The zero-order valence-corrected chi connectivity index (χ0v) is 8.57. The van der Waals surface area contributed by atoms with E-state index >= 15 is 0 Å². The van der Waals surface area contributed by atoms with E-state index in [1.165, 1.54) is 6.42 Å². The summed E-state index contributed by atoms with van der Waals surface area (Å²) in [6, 6.07) is 0. The Bertz CT molecular complexity index is 153. The molecule has 0 unspecified atom stereocenters. The quantitative estimate of drug-likeness (QED) is 0.620. The van der Waals surface area contributed by atoms with Crippen molar-refractivity contribution in [1.82, 2.24) is 9.91 Å². The molecule has 4 nitrogen and oxygen atoms in total. The van der Waals surface area contributed by atoms with E-state index in [0.29, 0.717) is 0 Å². The lowest BCUT2D eigenvalue weighted by atomic mass is 10.1. The maximum Gasteiger partial charge on any atom is 0.0524 e. The van der Waals surface area contributed by atoms with Gasteiger partial charge in [0.1, 0.15) is 0 Å². The maximum absolute atomic E-state index is 10.2. The van der Waals surface area contributed by atoms with Crippen LogP contribution in [-0.2, 0) is 0 Å². The summed E-state index contributed by atoms with van der Waals surface area (Å²) in [6.07, 6.45) is 1.24. The zero-order chi connectivity index (χ0) is 9.68. The van der Waals surface area contributed by atoms with Crippen molar-refractivity contribution in [2.75, 3.05) is 32.7 Å². The normalized spacial score (nSPS) is 19.5.